The third kappa shape index (κ3) is 12.0. The summed E-state index contributed by atoms with van der Waals surface area (Å²) in [6.07, 6.45) is -0.679. The van der Waals surface area contributed by atoms with Crippen LogP contribution >= 0.6 is 0 Å². The smallest absolute Gasteiger partial charge is 0.334 e. The molecule has 0 amide bonds. The van der Waals surface area contributed by atoms with Crippen LogP contribution in [0.25, 0.3) is 0 Å². The third-order valence-corrected chi connectivity index (χ3v) is 2.08. The highest BCUT2D eigenvalue weighted by atomic mass is 16.7. The highest BCUT2D eigenvalue weighted by Gasteiger charge is 2.12. The summed E-state index contributed by atoms with van der Waals surface area (Å²) in [7, 11) is 0. The molecular weight excluding hydrogens is 280 g/mol. The number of carbonyl (C=O) groups is 2. The van der Waals surface area contributed by atoms with Gasteiger partial charge in [-0.25, -0.2) is 9.59 Å². The van der Waals surface area contributed by atoms with Crippen molar-refractivity contribution >= 4 is 11.9 Å². The Morgan fingerprint density at radius 1 is 1.19 bits per heavy atom. The lowest BCUT2D eigenvalue weighted by Crippen LogP contribution is -2.27. The van der Waals surface area contributed by atoms with Gasteiger partial charge in [-0.2, -0.15) is 0 Å². The minimum atomic E-state index is -1.02. The quantitative estimate of drug-likeness (QED) is 0.340. The number of aliphatic hydroxyl groups is 1. The molecule has 0 aliphatic heterocycles. The zero-order valence-electron chi connectivity index (χ0n) is 12.7. The van der Waals surface area contributed by atoms with Crippen molar-refractivity contribution in [1.82, 2.24) is 0 Å². The van der Waals surface area contributed by atoms with Crippen molar-refractivity contribution in [3.05, 3.63) is 12.7 Å². The molecule has 7 heteroatoms. The molecular formula is C14H24O7. The number of hydrogen-bond acceptors (Lipinski definition) is 7. The van der Waals surface area contributed by atoms with Crippen molar-refractivity contribution < 1.29 is 33.6 Å². The summed E-state index contributed by atoms with van der Waals surface area (Å²) in [5.41, 5.74) is 0. The van der Waals surface area contributed by atoms with Gasteiger partial charge in [0, 0.05) is 6.08 Å². The number of aliphatic hydroxyl groups excluding tert-OH is 1. The zero-order chi connectivity index (χ0) is 16.3. The van der Waals surface area contributed by atoms with Crippen LogP contribution in [0.1, 0.15) is 20.8 Å². The second-order valence-corrected chi connectivity index (χ2v) is 4.79. The monoisotopic (exact) mass is 304 g/mol. The fraction of sp³-hybridized carbons (Fsp3) is 0.714. The molecule has 0 saturated heterocycles. The average Bonchev–Trinajstić information content (AvgIpc) is 2.42. The van der Waals surface area contributed by atoms with Crippen LogP contribution in [-0.4, -0.2) is 55.9 Å². The second-order valence-electron chi connectivity index (χ2n) is 4.79. The van der Waals surface area contributed by atoms with Crippen molar-refractivity contribution in [1.29, 1.82) is 0 Å². The Labute approximate surface area is 124 Å². The first-order valence-corrected chi connectivity index (χ1v) is 6.71. The zero-order valence-corrected chi connectivity index (χ0v) is 12.7. The Balaban J connectivity index is 3.68. The van der Waals surface area contributed by atoms with E-state index in [9.17, 15) is 14.7 Å². The lowest BCUT2D eigenvalue weighted by atomic mass is 10.2. The van der Waals surface area contributed by atoms with E-state index in [0.717, 1.165) is 6.08 Å². The first kappa shape index (κ1) is 19.6. The molecule has 7 nitrogen and oxygen atoms in total. The van der Waals surface area contributed by atoms with Crippen molar-refractivity contribution in [2.24, 2.45) is 5.92 Å². The predicted octanol–water partition coefficient (Wildman–Crippen LogP) is 0.655. The van der Waals surface area contributed by atoms with E-state index in [4.69, 9.17) is 14.2 Å². The highest BCUT2D eigenvalue weighted by molar-refractivity contribution is 5.81. The Hall–Kier alpha value is -1.44. The normalized spacial score (nSPS) is 13.6. The van der Waals surface area contributed by atoms with E-state index in [1.165, 1.54) is 0 Å². The number of carbonyl (C=O) groups excluding carboxylic acids is 2. The summed E-state index contributed by atoms with van der Waals surface area (Å²) in [6.45, 7) is 8.59. The maximum atomic E-state index is 11.4. The third-order valence-electron chi connectivity index (χ3n) is 2.08. The topological polar surface area (TPSA) is 91.3 Å². The number of hydrogen-bond donors (Lipinski definition) is 1. The fourth-order valence-corrected chi connectivity index (χ4v) is 1.14. The van der Waals surface area contributed by atoms with Crippen LogP contribution < -0.4 is 0 Å². The van der Waals surface area contributed by atoms with Crippen LogP contribution in [0.5, 0.6) is 0 Å². The van der Waals surface area contributed by atoms with Gasteiger partial charge in [0.05, 0.1) is 13.2 Å². The van der Waals surface area contributed by atoms with E-state index in [0.29, 0.717) is 12.5 Å². The number of rotatable bonds is 11. The highest BCUT2D eigenvalue weighted by Crippen LogP contribution is 2.00. The van der Waals surface area contributed by atoms with Gasteiger partial charge in [-0.15, -0.1) is 0 Å². The Morgan fingerprint density at radius 2 is 1.86 bits per heavy atom. The van der Waals surface area contributed by atoms with Crippen molar-refractivity contribution in [3.63, 3.8) is 0 Å². The maximum Gasteiger partial charge on any atom is 0.334 e. The molecule has 2 atom stereocenters. The lowest BCUT2D eigenvalue weighted by Gasteiger charge is -2.16. The van der Waals surface area contributed by atoms with E-state index in [2.05, 4.69) is 11.3 Å². The molecule has 0 heterocycles. The molecule has 0 spiro atoms. The standard InChI is InChI=1S/C14H24O7/c1-5-13(16)20-8-12(15)7-18-9-14(17)21-11(4)19-6-10(2)3/h5,10-12,15H,1,6-9H2,2-4H3. The molecule has 2 unspecified atom stereocenters. The average molecular weight is 304 g/mol. The molecule has 0 radical (unpaired) electrons. The molecule has 21 heavy (non-hydrogen) atoms. The van der Waals surface area contributed by atoms with Crippen LogP contribution in [0.4, 0.5) is 0 Å². The van der Waals surface area contributed by atoms with Crippen LogP contribution in [0, 0.1) is 5.92 Å². The van der Waals surface area contributed by atoms with Gasteiger partial charge in [0.1, 0.15) is 19.3 Å². The van der Waals surface area contributed by atoms with E-state index in [1.54, 1.807) is 6.92 Å². The van der Waals surface area contributed by atoms with Gasteiger partial charge in [0.2, 0.25) is 0 Å². The van der Waals surface area contributed by atoms with Gasteiger partial charge >= 0.3 is 11.9 Å². The Bertz CT molecular complexity index is 327. The SMILES string of the molecule is C=CC(=O)OCC(O)COCC(=O)OC(C)OCC(C)C. The van der Waals surface area contributed by atoms with Gasteiger partial charge in [-0.3, -0.25) is 0 Å². The van der Waals surface area contributed by atoms with E-state index in [1.807, 2.05) is 13.8 Å². The molecule has 0 aliphatic carbocycles. The second kappa shape index (κ2) is 11.2. The molecule has 0 aliphatic rings. The van der Waals surface area contributed by atoms with Gasteiger partial charge in [-0.1, -0.05) is 20.4 Å². The Morgan fingerprint density at radius 3 is 2.43 bits per heavy atom. The van der Waals surface area contributed by atoms with Crippen molar-refractivity contribution in [3.8, 4) is 0 Å². The van der Waals surface area contributed by atoms with E-state index in [-0.39, 0.29) is 19.8 Å². The predicted molar refractivity (Wildman–Crippen MR) is 74.3 cm³/mol. The van der Waals surface area contributed by atoms with Gasteiger partial charge < -0.3 is 24.1 Å². The first-order chi connectivity index (χ1) is 9.85. The summed E-state index contributed by atoms with van der Waals surface area (Å²) in [5.74, 6) is -0.887. The summed E-state index contributed by atoms with van der Waals surface area (Å²) in [4.78, 5) is 22.1. The van der Waals surface area contributed by atoms with Gasteiger partial charge in [0.25, 0.3) is 0 Å². The molecule has 0 rings (SSSR count). The molecule has 0 aromatic carbocycles. The summed E-state index contributed by atoms with van der Waals surface area (Å²) in [5, 5.41) is 9.42. The van der Waals surface area contributed by atoms with Crippen LogP contribution in [0.3, 0.4) is 0 Å². The molecule has 0 bridgehead atoms. The Kier molecular flexibility index (Phi) is 10.5. The molecule has 0 aromatic heterocycles. The maximum absolute atomic E-state index is 11.4. The van der Waals surface area contributed by atoms with Gasteiger partial charge in [0.15, 0.2) is 6.29 Å². The molecule has 0 saturated carbocycles. The molecule has 0 aromatic rings. The van der Waals surface area contributed by atoms with E-state index >= 15 is 0 Å². The van der Waals surface area contributed by atoms with E-state index < -0.39 is 24.3 Å². The molecule has 122 valence electrons. The van der Waals surface area contributed by atoms with Crippen molar-refractivity contribution in [2.75, 3.05) is 26.4 Å². The largest absolute Gasteiger partial charge is 0.460 e. The molecule has 1 N–H and O–H groups in total. The summed E-state index contributed by atoms with van der Waals surface area (Å²) >= 11 is 0. The first-order valence-electron chi connectivity index (χ1n) is 6.71. The van der Waals surface area contributed by atoms with Crippen LogP contribution in [0.2, 0.25) is 0 Å². The van der Waals surface area contributed by atoms with Gasteiger partial charge in [-0.05, 0) is 12.8 Å². The summed E-state index contributed by atoms with van der Waals surface area (Å²) < 4.78 is 19.8. The van der Waals surface area contributed by atoms with Crippen LogP contribution in [0.15, 0.2) is 12.7 Å². The van der Waals surface area contributed by atoms with Crippen molar-refractivity contribution in [2.45, 2.75) is 33.2 Å². The van der Waals surface area contributed by atoms with Crippen LogP contribution in [-0.2, 0) is 28.5 Å². The fourth-order valence-electron chi connectivity index (χ4n) is 1.14. The lowest BCUT2D eigenvalue weighted by molar-refractivity contribution is -0.182. The number of ether oxygens (including phenoxy) is 4. The minimum Gasteiger partial charge on any atom is -0.460 e. The molecule has 0 fully saturated rings. The summed E-state index contributed by atoms with van der Waals surface area (Å²) in [6, 6.07) is 0. The minimum absolute atomic E-state index is 0.152. The number of esters is 2.